The number of hydrogen-bond acceptors (Lipinski definition) is 2. The summed E-state index contributed by atoms with van der Waals surface area (Å²) >= 11 is 0. The molecule has 0 aliphatic heterocycles. The number of nitrogens with zero attached hydrogens (tertiary/aromatic N) is 2. The standard InChI is InChI=1S/C14H19N3O/c1-4-12-8-5-7-11(2)13(12)16-14(18)17(3)10-6-9-15/h5,7-8H,4,6,10H2,1-3H3,(H,16,18). The van der Waals surface area contributed by atoms with Crippen LogP contribution in [0.4, 0.5) is 10.5 Å². The number of urea groups is 1. The normalized spacial score (nSPS) is 9.67. The molecule has 1 aromatic carbocycles. The summed E-state index contributed by atoms with van der Waals surface area (Å²) < 4.78 is 0. The number of amides is 2. The van der Waals surface area contributed by atoms with Gasteiger partial charge in [-0.15, -0.1) is 0 Å². The van der Waals surface area contributed by atoms with E-state index in [-0.39, 0.29) is 6.03 Å². The van der Waals surface area contributed by atoms with Crippen LogP contribution in [-0.4, -0.2) is 24.5 Å². The zero-order valence-electron chi connectivity index (χ0n) is 11.2. The van der Waals surface area contributed by atoms with Gasteiger partial charge in [0.25, 0.3) is 0 Å². The van der Waals surface area contributed by atoms with E-state index >= 15 is 0 Å². The molecule has 0 saturated heterocycles. The summed E-state index contributed by atoms with van der Waals surface area (Å²) in [6.07, 6.45) is 1.22. The number of anilines is 1. The number of aryl methyl sites for hydroxylation is 2. The Hall–Kier alpha value is -2.02. The number of nitriles is 1. The minimum absolute atomic E-state index is 0.172. The molecule has 4 nitrogen and oxygen atoms in total. The van der Waals surface area contributed by atoms with Crippen LogP contribution in [0.5, 0.6) is 0 Å². The number of hydrogen-bond donors (Lipinski definition) is 1. The molecular formula is C14H19N3O. The largest absolute Gasteiger partial charge is 0.327 e. The van der Waals surface area contributed by atoms with Crippen molar-refractivity contribution in [3.8, 4) is 6.07 Å². The first kappa shape index (κ1) is 14.0. The van der Waals surface area contributed by atoms with E-state index in [1.807, 2.05) is 31.2 Å². The Balaban J connectivity index is 2.79. The maximum Gasteiger partial charge on any atom is 0.321 e. The molecule has 0 saturated carbocycles. The molecule has 1 rings (SSSR count). The number of para-hydroxylation sites is 1. The van der Waals surface area contributed by atoms with Crippen molar-refractivity contribution in [2.24, 2.45) is 0 Å². The van der Waals surface area contributed by atoms with Crippen LogP contribution < -0.4 is 5.32 Å². The van der Waals surface area contributed by atoms with Crippen LogP contribution in [0.2, 0.25) is 0 Å². The number of carbonyl (C=O) groups is 1. The lowest BCUT2D eigenvalue weighted by atomic mass is 10.1. The fraction of sp³-hybridized carbons (Fsp3) is 0.429. The van der Waals surface area contributed by atoms with Crippen LogP contribution in [-0.2, 0) is 6.42 Å². The molecule has 0 fully saturated rings. The molecule has 2 amide bonds. The third kappa shape index (κ3) is 3.49. The highest BCUT2D eigenvalue weighted by molar-refractivity contribution is 5.90. The smallest absolute Gasteiger partial charge is 0.321 e. The second kappa shape index (κ2) is 6.65. The van der Waals surface area contributed by atoms with Gasteiger partial charge in [-0.05, 0) is 24.5 Å². The first-order valence-corrected chi connectivity index (χ1v) is 6.07. The second-order valence-corrected chi connectivity index (χ2v) is 4.22. The van der Waals surface area contributed by atoms with Gasteiger partial charge in [0.05, 0.1) is 12.5 Å². The third-order valence-electron chi connectivity index (χ3n) is 2.88. The number of benzene rings is 1. The lowest BCUT2D eigenvalue weighted by Crippen LogP contribution is -2.32. The molecule has 96 valence electrons. The van der Waals surface area contributed by atoms with Gasteiger partial charge < -0.3 is 10.2 Å². The summed E-state index contributed by atoms with van der Waals surface area (Å²) in [6, 6.07) is 7.83. The van der Waals surface area contributed by atoms with Gasteiger partial charge in [-0.1, -0.05) is 25.1 Å². The van der Waals surface area contributed by atoms with E-state index in [2.05, 4.69) is 12.2 Å². The Morgan fingerprint density at radius 1 is 1.50 bits per heavy atom. The van der Waals surface area contributed by atoms with E-state index in [0.717, 1.165) is 23.2 Å². The van der Waals surface area contributed by atoms with Crippen LogP contribution in [0.15, 0.2) is 18.2 Å². The maximum absolute atomic E-state index is 11.9. The van der Waals surface area contributed by atoms with Crippen LogP contribution in [0.3, 0.4) is 0 Å². The molecule has 18 heavy (non-hydrogen) atoms. The van der Waals surface area contributed by atoms with Gasteiger partial charge in [-0.3, -0.25) is 0 Å². The van der Waals surface area contributed by atoms with E-state index < -0.39 is 0 Å². The van der Waals surface area contributed by atoms with E-state index in [9.17, 15) is 4.79 Å². The molecule has 0 atom stereocenters. The summed E-state index contributed by atoms with van der Waals surface area (Å²) in [7, 11) is 1.69. The van der Waals surface area contributed by atoms with Crippen LogP contribution in [0.1, 0.15) is 24.5 Å². The third-order valence-corrected chi connectivity index (χ3v) is 2.88. The highest BCUT2D eigenvalue weighted by Crippen LogP contribution is 2.21. The Bertz CT molecular complexity index is 463. The molecular weight excluding hydrogens is 226 g/mol. The molecule has 0 radical (unpaired) electrons. The monoisotopic (exact) mass is 245 g/mol. The van der Waals surface area contributed by atoms with Gasteiger partial charge in [0, 0.05) is 19.3 Å². The molecule has 0 heterocycles. The zero-order chi connectivity index (χ0) is 13.5. The molecule has 0 aliphatic carbocycles. The Labute approximate surface area is 108 Å². The number of rotatable bonds is 4. The van der Waals surface area contributed by atoms with Gasteiger partial charge in [0.1, 0.15) is 0 Å². The average molecular weight is 245 g/mol. The number of nitrogens with one attached hydrogen (secondary N) is 1. The molecule has 1 N–H and O–H groups in total. The highest BCUT2D eigenvalue weighted by atomic mass is 16.2. The summed E-state index contributed by atoms with van der Waals surface area (Å²) in [5.74, 6) is 0. The topological polar surface area (TPSA) is 56.1 Å². The molecule has 0 unspecified atom stereocenters. The minimum Gasteiger partial charge on any atom is -0.327 e. The van der Waals surface area contributed by atoms with Crippen molar-refractivity contribution in [1.82, 2.24) is 4.90 Å². The zero-order valence-corrected chi connectivity index (χ0v) is 11.2. The Morgan fingerprint density at radius 3 is 2.83 bits per heavy atom. The Morgan fingerprint density at radius 2 is 2.22 bits per heavy atom. The maximum atomic E-state index is 11.9. The summed E-state index contributed by atoms with van der Waals surface area (Å²) in [6.45, 7) is 4.48. The van der Waals surface area contributed by atoms with Crippen molar-refractivity contribution in [1.29, 1.82) is 5.26 Å². The van der Waals surface area contributed by atoms with Crippen molar-refractivity contribution < 1.29 is 4.79 Å². The summed E-state index contributed by atoms with van der Waals surface area (Å²) in [5, 5.41) is 11.4. The predicted octanol–water partition coefficient (Wildman–Crippen LogP) is 2.93. The first-order chi connectivity index (χ1) is 8.60. The molecule has 0 aromatic heterocycles. The van der Waals surface area contributed by atoms with E-state index in [1.165, 1.54) is 4.90 Å². The van der Waals surface area contributed by atoms with Crippen molar-refractivity contribution in [3.05, 3.63) is 29.3 Å². The SMILES string of the molecule is CCc1cccc(C)c1NC(=O)N(C)CCC#N. The van der Waals surface area contributed by atoms with Crippen molar-refractivity contribution in [2.45, 2.75) is 26.7 Å². The van der Waals surface area contributed by atoms with Gasteiger partial charge >= 0.3 is 6.03 Å². The van der Waals surface area contributed by atoms with E-state index in [0.29, 0.717) is 13.0 Å². The quantitative estimate of drug-likeness (QED) is 0.886. The van der Waals surface area contributed by atoms with Crippen LogP contribution in [0.25, 0.3) is 0 Å². The van der Waals surface area contributed by atoms with Crippen LogP contribution >= 0.6 is 0 Å². The fourth-order valence-corrected chi connectivity index (χ4v) is 1.72. The fourth-order valence-electron chi connectivity index (χ4n) is 1.72. The predicted molar refractivity (Wildman–Crippen MR) is 72.4 cm³/mol. The highest BCUT2D eigenvalue weighted by Gasteiger charge is 2.11. The van der Waals surface area contributed by atoms with Gasteiger partial charge in [-0.25, -0.2) is 4.79 Å². The van der Waals surface area contributed by atoms with Crippen molar-refractivity contribution in [2.75, 3.05) is 18.9 Å². The lowest BCUT2D eigenvalue weighted by Gasteiger charge is -2.19. The Kier molecular flexibility index (Phi) is 5.19. The molecule has 0 spiro atoms. The van der Waals surface area contributed by atoms with Crippen molar-refractivity contribution in [3.63, 3.8) is 0 Å². The molecule has 0 aliphatic rings. The molecule has 4 heteroatoms. The van der Waals surface area contributed by atoms with Crippen LogP contribution in [0, 0.1) is 18.3 Å². The summed E-state index contributed by atoms with van der Waals surface area (Å²) in [4.78, 5) is 13.5. The molecule has 0 bridgehead atoms. The van der Waals surface area contributed by atoms with Gasteiger partial charge in [0.15, 0.2) is 0 Å². The van der Waals surface area contributed by atoms with E-state index in [1.54, 1.807) is 7.05 Å². The molecule has 1 aromatic rings. The average Bonchev–Trinajstić information content (AvgIpc) is 2.38. The lowest BCUT2D eigenvalue weighted by molar-refractivity contribution is 0.223. The number of carbonyl (C=O) groups excluding carboxylic acids is 1. The van der Waals surface area contributed by atoms with E-state index in [4.69, 9.17) is 5.26 Å². The van der Waals surface area contributed by atoms with Crippen molar-refractivity contribution >= 4 is 11.7 Å². The van der Waals surface area contributed by atoms with Gasteiger partial charge in [0.2, 0.25) is 0 Å². The first-order valence-electron chi connectivity index (χ1n) is 6.07. The summed E-state index contributed by atoms with van der Waals surface area (Å²) in [5.41, 5.74) is 3.06. The minimum atomic E-state index is -0.172. The second-order valence-electron chi connectivity index (χ2n) is 4.22. The van der Waals surface area contributed by atoms with Gasteiger partial charge in [-0.2, -0.15) is 5.26 Å².